The van der Waals surface area contributed by atoms with Crippen molar-refractivity contribution in [2.75, 3.05) is 0 Å². The molecule has 0 aromatic heterocycles. The fourth-order valence-electron chi connectivity index (χ4n) is 3.90. The summed E-state index contributed by atoms with van der Waals surface area (Å²) in [7, 11) is 0. The Morgan fingerprint density at radius 1 is 0.444 bits per heavy atom. The maximum atomic E-state index is 10.9. The van der Waals surface area contributed by atoms with Gasteiger partial charge in [0.15, 0.2) is 17.2 Å². The number of carbonyl (C=O) groups is 1. The minimum absolute atomic E-state index is 0.394. The van der Waals surface area contributed by atoms with Gasteiger partial charge < -0.3 is 19.4 Å². The lowest BCUT2D eigenvalue weighted by atomic mass is 10.1. The first-order chi connectivity index (χ1) is 22.2. The van der Waals surface area contributed by atoms with Gasteiger partial charge in [0, 0.05) is 5.56 Å². The lowest BCUT2D eigenvalue weighted by Crippen LogP contribution is -1.92. The highest BCUT2D eigenvalue weighted by Gasteiger charge is 1.99. The molecule has 0 bridgehead atoms. The Labute approximate surface area is 260 Å². The van der Waals surface area contributed by atoms with Crippen LogP contribution in [0.1, 0.15) is 38.2 Å². The Kier molecular flexibility index (Phi) is 10.9. The zero-order valence-corrected chi connectivity index (χ0v) is 24.0. The van der Waals surface area contributed by atoms with Crippen LogP contribution in [0.4, 0.5) is 0 Å². The van der Waals surface area contributed by atoms with Crippen LogP contribution in [0.15, 0.2) is 148 Å². The van der Waals surface area contributed by atoms with Crippen molar-refractivity contribution in [1.29, 1.82) is 0 Å². The summed E-state index contributed by atoms with van der Waals surface area (Å²) in [6.45, 7) is 0.394. The fraction of sp³-hybridized carbons (Fsp3) is 0.0278. The third kappa shape index (κ3) is 10.2. The largest absolute Gasteiger partial charge is 0.391 e. The molecule has 0 fully saturated rings. The summed E-state index contributed by atoms with van der Waals surface area (Å²) in [4.78, 5) is 32.8. The number of rotatable bonds is 14. The monoisotopic (exact) mass is 596 g/mol. The van der Waals surface area contributed by atoms with Crippen molar-refractivity contribution in [2.24, 2.45) is 20.6 Å². The SMILES string of the molecule is O=Cc1cccc(/C=N/Oc2cccc(/C=N/Oc3cccc(/C=N/Oc4cccc(/C=N/OCc5ccccc5)c4)c3)c2)c1. The molecule has 0 saturated heterocycles. The summed E-state index contributed by atoms with van der Waals surface area (Å²) in [6.07, 6.45) is 7.09. The molecule has 0 amide bonds. The molecule has 0 aliphatic carbocycles. The van der Waals surface area contributed by atoms with Crippen molar-refractivity contribution in [3.05, 3.63) is 161 Å². The van der Waals surface area contributed by atoms with Gasteiger partial charge in [-0.2, -0.15) is 0 Å². The van der Waals surface area contributed by atoms with Crippen molar-refractivity contribution < 1.29 is 24.1 Å². The van der Waals surface area contributed by atoms with E-state index in [9.17, 15) is 4.79 Å². The first-order valence-corrected chi connectivity index (χ1v) is 13.9. The molecule has 0 unspecified atom stereocenters. The van der Waals surface area contributed by atoms with Gasteiger partial charge in [-0.15, -0.1) is 0 Å². The number of carbonyl (C=O) groups excluding carboxylic acids is 1. The van der Waals surface area contributed by atoms with E-state index in [0.29, 0.717) is 29.4 Å². The molecule has 0 N–H and O–H groups in total. The van der Waals surface area contributed by atoms with Crippen molar-refractivity contribution >= 4 is 31.1 Å². The molecule has 9 nitrogen and oxygen atoms in total. The van der Waals surface area contributed by atoms with Crippen LogP contribution in [0, 0.1) is 0 Å². The third-order valence-corrected chi connectivity index (χ3v) is 6.05. The zero-order chi connectivity index (χ0) is 30.9. The van der Waals surface area contributed by atoms with E-state index in [4.69, 9.17) is 19.4 Å². The summed E-state index contributed by atoms with van der Waals surface area (Å²) < 4.78 is 0. The molecule has 9 heteroatoms. The fourth-order valence-corrected chi connectivity index (χ4v) is 3.90. The number of aldehydes is 1. The molecule has 222 valence electrons. The van der Waals surface area contributed by atoms with Gasteiger partial charge in [-0.25, -0.2) is 0 Å². The summed E-state index contributed by atoms with van der Waals surface area (Å²) in [6, 6.07) is 38.7. The summed E-state index contributed by atoms with van der Waals surface area (Å²) in [5.74, 6) is 1.60. The lowest BCUT2D eigenvalue weighted by molar-refractivity contribution is 0.112. The van der Waals surface area contributed by atoms with Crippen LogP contribution in [-0.2, 0) is 11.4 Å². The molecule has 5 rings (SSSR count). The number of hydrogen-bond donors (Lipinski definition) is 0. The van der Waals surface area contributed by atoms with Crippen molar-refractivity contribution in [1.82, 2.24) is 0 Å². The predicted molar refractivity (Wildman–Crippen MR) is 175 cm³/mol. The topological polar surface area (TPSA) is 103 Å². The predicted octanol–water partition coefficient (Wildman–Crippen LogP) is 7.29. The Morgan fingerprint density at radius 3 is 1.36 bits per heavy atom. The molecule has 0 radical (unpaired) electrons. The lowest BCUT2D eigenvalue weighted by Gasteiger charge is -2.02. The standard InChI is InChI=1S/C36H28N4O5/c41-26-33-14-4-10-29(18-33)23-38-43-35-16-6-12-31(20-35)25-40-45-36-17-7-13-32(21-36)24-39-44-34-15-5-11-30(19-34)22-37-42-27-28-8-2-1-3-9-28/h1-26H,27H2/b37-22+,38-23+,39-24+,40-25+. The quantitative estimate of drug-likeness (QED) is 0.0761. The number of nitrogens with zero attached hydrogens (tertiary/aromatic N) is 4. The molecule has 5 aromatic rings. The van der Waals surface area contributed by atoms with Gasteiger partial charge in [0.25, 0.3) is 0 Å². The number of hydrogen-bond acceptors (Lipinski definition) is 9. The molecule has 0 heterocycles. The first-order valence-electron chi connectivity index (χ1n) is 13.9. The van der Waals surface area contributed by atoms with Gasteiger partial charge >= 0.3 is 0 Å². The minimum Gasteiger partial charge on any atom is -0.391 e. The maximum Gasteiger partial charge on any atom is 0.158 e. The zero-order valence-electron chi connectivity index (χ0n) is 24.0. The van der Waals surface area contributed by atoms with Gasteiger partial charge in [-0.3, -0.25) is 4.79 Å². The average Bonchev–Trinajstić information content (AvgIpc) is 3.08. The molecule has 5 aromatic carbocycles. The highest BCUT2D eigenvalue weighted by atomic mass is 16.6. The van der Waals surface area contributed by atoms with E-state index < -0.39 is 0 Å². The van der Waals surface area contributed by atoms with E-state index in [1.165, 1.54) is 6.21 Å². The Balaban J connectivity index is 1.10. The maximum absolute atomic E-state index is 10.9. The van der Waals surface area contributed by atoms with Gasteiger partial charge in [0.2, 0.25) is 0 Å². The van der Waals surface area contributed by atoms with Gasteiger partial charge in [-0.1, -0.05) is 106 Å². The second-order valence-corrected chi connectivity index (χ2v) is 9.48. The number of oxime groups is 4. The van der Waals surface area contributed by atoms with Crippen LogP contribution in [0.2, 0.25) is 0 Å². The van der Waals surface area contributed by atoms with E-state index in [1.807, 2.05) is 72.8 Å². The van der Waals surface area contributed by atoms with Gasteiger partial charge in [-0.05, 0) is 70.3 Å². The van der Waals surface area contributed by atoms with Crippen LogP contribution in [0.3, 0.4) is 0 Å². The first kappa shape index (κ1) is 30.1. The van der Waals surface area contributed by atoms with Crippen LogP contribution >= 0.6 is 0 Å². The molecule has 0 aliphatic heterocycles. The summed E-state index contributed by atoms with van der Waals surface area (Å²) in [5, 5.41) is 16.2. The highest BCUT2D eigenvalue weighted by molar-refractivity contribution is 5.84. The third-order valence-electron chi connectivity index (χ3n) is 6.05. The molecule has 0 aliphatic rings. The van der Waals surface area contributed by atoms with E-state index in [-0.39, 0.29) is 0 Å². The Hall–Kier alpha value is -6.35. The van der Waals surface area contributed by atoms with E-state index in [1.54, 1.807) is 73.2 Å². The minimum atomic E-state index is 0.394. The van der Waals surface area contributed by atoms with E-state index in [0.717, 1.165) is 34.1 Å². The van der Waals surface area contributed by atoms with Crippen LogP contribution in [-0.4, -0.2) is 31.1 Å². The molecule has 45 heavy (non-hydrogen) atoms. The Morgan fingerprint density at radius 2 is 0.867 bits per heavy atom. The van der Waals surface area contributed by atoms with Crippen LogP contribution in [0.5, 0.6) is 17.2 Å². The second-order valence-electron chi connectivity index (χ2n) is 9.48. The normalized spacial score (nSPS) is 11.4. The second kappa shape index (κ2) is 16.3. The summed E-state index contributed by atoms with van der Waals surface area (Å²) >= 11 is 0. The van der Waals surface area contributed by atoms with Crippen molar-refractivity contribution in [3.8, 4) is 17.2 Å². The molecular weight excluding hydrogens is 568 g/mol. The van der Waals surface area contributed by atoms with Crippen molar-refractivity contribution in [3.63, 3.8) is 0 Å². The number of benzene rings is 5. The Bertz CT molecular complexity index is 1820. The molecule has 0 spiro atoms. The van der Waals surface area contributed by atoms with E-state index >= 15 is 0 Å². The smallest absolute Gasteiger partial charge is 0.158 e. The molecule has 0 saturated carbocycles. The highest BCUT2D eigenvalue weighted by Crippen LogP contribution is 2.16. The molecular formula is C36H28N4O5. The van der Waals surface area contributed by atoms with Crippen LogP contribution in [0.25, 0.3) is 0 Å². The molecule has 0 atom stereocenters. The van der Waals surface area contributed by atoms with E-state index in [2.05, 4.69) is 20.6 Å². The van der Waals surface area contributed by atoms with Crippen molar-refractivity contribution in [2.45, 2.75) is 6.61 Å². The summed E-state index contributed by atoms with van der Waals surface area (Å²) in [5.41, 5.74) is 4.70. The van der Waals surface area contributed by atoms with Crippen LogP contribution < -0.4 is 14.5 Å². The average molecular weight is 597 g/mol. The van der Waals surface area contributed by atoms with Gasteiger partial charge in [0.1, 0.15) is 12.9 Å². The van der Waals surface area contributed by atoms with Gasteiger partial charge in [0.05, 0.1) is 24.9 Å².